The molecule has 0 aromatic heterocycles. The first-order chi connectivity index (χ1) is 19.9. The highest BCUT2D eigenvalue weighted by molar-refractivity contribution is 5.99. The van der Waals surface area contributed by atoms with E-state index >= 15 is 0 Å². The van der Waals surface area contributed by atoms with Gasteiger partial charge in [-0.1, -0.05) is 80.1 Å². The van der Waals surface area contributed by atoms with Gasteiger partial charge in [-0.2, -0.15) is 0 Å². The molecule has 0 fully saturated rings. The van der Waals surface area contributed by atoms with Gasteiger partial charge in [-0.25, -0.2) is 4.79 Å². The van der Waals surface area contributed by atoms with Gasteiger partial charge in [0.1, 0.15) is 17.7 Å². The number of para-hydroxylation sites is 1. The van der Waals surface area contributed by atoms with Gasteiger partial charge in [0.2, 0.25) is 5.91 Å². The van der Waals surface area contributed by atoms with E-state index in [-0.39, 0.29) is 18.2 Å². The van der Waals surface area contributed by atoms with Crippen LogP contribution in [0.5, 0.6) is 0 Å². The highest BCUT2D eigenvalue weighted by Crippen LogP contribution is 2.28. The first kappa shape index (κ1) is 32.4. The molecule has 42 heavy (non-hydrogen) atoms. The first-order valence-corrected chi connectivity index (χ1v) is 14.7. The predicted molar refractivity (Wildman–Crippen MR) is 168 cm³/mol. The fourth-order valence-electron chi connectivity index (χ4n) is 4.72. The molecule has 0 saturated heterocycles. The Hall–Kier alpha value is -4.13. The Morgan fingerprint density at radius 3 is 2.14 bits per heavy atom. The largest absolute Gasteiger partial charge is 0.444 e. The lowest BCUT2D eigenvalue weighted by atomic mass is 9.97. The van der Waals surface area contributed by atoms with E-state index in [4.69, 9.17) is 4.74 Å². The molecule has 2 N–H and O–H groups in total. The molecule has 3 amide bonds. The number of hydrogen-bond donors (Lipinski definition) is 2. The Labute approximate surface area is 250 Å². The molecule has 3 rings (SSSR count). The van der Waals surface area contributed by atoms with Crippen molar-refractivity contribution in [1.82, 2.24) is 10.2 Å². The fraction of sp³-hybridized carbons (Fsp3) is 0.400. The molecular weight excluding hydrogens is 526 g/mol. The minimum Gasteiger partial charge on any atom is -0.444 e. The van der Waals surface area contributed by atoms with Gasteiger partial charge in [-0.05, 0) is 81.8 Å². The van der Waals surface area contributed by atoms with Gasteiger partial charge in [0.25, 0.3) is 5.91 Å². The molecule has 0 radical (unpaired) electrons. The van der Waals surface area contributed by atoms with Crippen LogP contribution in [0.2, 0.25) is 0 Å². The number of nitrogens with one attached hydrogen (secondary N) is 2. The molecular formula is C35H45N3O4. The maximum Gasteiger partial charge on any atom is 0.408 e. The molecule has 7 nitrogen and oxygen atoms in total. The lowest BCUT2D eigenvalue weighted by molar-refractivity contribution is -0.140. The van der Waals surface area contributed by atoms with E-state index in [2.05, 4.69) is 10.6 Å². The molecule has 0 spiro atoms. The number of benzene rings is 3. The van der Waals surface area contributed by atoms with E-state index in [0.29, 0.717) is 24.2 Å². The third-order valence-corrected chi connectivity index (χ3v) is 7.12. The van der Waals surface area contributed by atoms with E-state index in [1.807, 2.05) is 100 Å². The van der Waals surface area contributed by atoms with Crippen LogP contribution in [0.3, 0.4) is 0 Å². The van der Waals surface area contributed by atoms with Crippen molar-refractivity contribution < 1.29 is 19.1 Å². The topological polar surface area (TPSA) is 87.7 Å². The van der Waals surface area contributed by atoms with Crippen molar-refractivity contribution in [3.8, 4) is 0 Å². The van der Waals surface area contributed by atoms with Gasteiger partial charge in [0.15, 0.2) is 0 Å². The number of carbonyl (C=O) groups excluding carboxylic acids is 3. The second-order valence-corrected chi connectivity index (χ2v) is 11.8. The van der Waals surface area contributed by atoms with Crippen molar-refractivity contribution >= 4 is 23.6 Å². The van der Waals surface area contributed by atoms with Crippen molar-refractivity contribution in [1.29, 1.82) is 0 Å². The van der Waals surface area contributed by atoms with Gasteiger partial charge in [0, 0.05) is 18.7 Å². The van der Waals surface area contributed by atoms with Crippen molar-refractivity contribution in [2.45, 2.75) is 85.4 Å². The summed E-state index contributed by atoms with van der Waals surface area (Å²) in [5, 5.41) is 5.89. The summed E-state index contributed by atoms with van der Waals surface area (Å²) in [6.45, 7) is 13.7. The molecule has 3 aromatic carbocycles. The summed E-state index contributed by atoms with van der Waals surface area (Å²) >= 11 is 0. The Bertz CT molecular complexity index is 1360. The number of ether oxygens (including phenoxy) is 1. The minimum atomic E-state index is -0.945. The smallest absolute Gasteiger partial charge is 0.408 e. The zero-order chi connectivity index (χ0) is 30.9. The number of nitrogens with zero attached hydrogens (tertiary/aromatic N) is 1. The molecule has 224 valence electrons. The number of amides is 3. The van der Waals surface area contributed by atoms with Crippen molar-refractivity contribution in [3.05, 3.63) is 101 Å². The number of alkyl carbamates (subject to hydrolysis) is 1. The number of unbranched alkanes of at least 4 members (excludes halogenated alkanes) is 1. The zero-order valence-corrected chi connectivity index (χ0v) is 26.0. The maximum absolute atomic E-state index is 14.5. The number of hydrogen-bond acceptors (Lipinski definition) is 4. The predicted octanol–water partition coefficient (Wildman–Crippen LogP) is 7.06. The van der Waals surface area contributed by atoms with Crippen LogP contribution in [0.4, 0.5) is 10.5 Å². The van der Waals surface area contributed by atoms with Gasteiger partial charge < -0.3 is 20.3 Å². The van der Waals surface area contributed by atoms with E-state index in [1.54, 1.807) is 25.7 Å². The molecule has 3 aromatic rings. The Balaban J connectivity index is 2.08. The molecule has 0 bridgehead atoms. The molecule has 0 aliphatic carbocycles. The van der Waals surface area contributed by atoms with Gasteiger partial charge in [-0.3, -0.25) is 9.59 Å². The summed E-state index contributed by atoms with van der Waals surface area (Å²) in [6, 6.07) is 21.1. The number of anilines is 1. The van der Waals surface area contributed by atoms with Crippen LogP contribution in [0.1, 0.15) is 74.4 Å². The van der Waals surface area contributed by atoms with Gasteiger partial charge in [0.05, 0.1) is 0 Å². The Morgan fingerprint density at radius 1 is 0.857 bits per heavy atom. The molecule has 0 heterocycles. The lowest BCUT2D eigenvalue weighted by Gasteiger charge is -2.35. The number of rotatable bonds is 11. The Morgan fingerprint density at radius 2 is 1.52 bits per heavy atom. The second-order valence-electron chi connectivity index (χ2n) is 11.8. The normalized spacial score (nSPS) is 12.6. The number of carbonyl (C=O) groups is 3. The fourth-order valence-corrected chi connectivity index (χ4v) is 4.72. The average Bonchev–Trinajstić information content (AvgIpc) is 2.92. The summed E-state index contributed by atoms with van der Waals surface area (Å²) < 4.78 is 5.53. The quantitative estimate of drug-likeness (QED) is 0.258. The standard InChI is InChI=1S/C35H45N3O4/c1-8-9-21-38(33(40)30(23-27-16-11-10-12-17-27)37-34(41)42-35(5,6)7)31(28-20-19-24(2)26(4)22-28)32(39)36-29-18-14-13-15-25(29)3/h10-20,22,30-31H,8-9,21,23H2,1-7H3,(H,36,39)(H,37,41). The lowest BCUT2D eigenvalue weighted by Crippen LogP contribution is -2.53. The zero-order valence-electron chi connectivity index (χ0n) is 26.0. The summed E-state index contributed by atoms with van der Waals surface area (Å²) in [5.74, 6) is -0.658. The van der Waals surface area contributed by atoms with Crippen LogP contribution in [0.15, 0.2) is 72.8 Å². The summed E-state index contributed by atoms with van der Waals surface area (Å²) in [5.41, 5.74) is 4.59. The summed E-state index contributed by atoms with van der Waals surface area (Å²) in [6.07, 6.45) is 1.08. The third kappa shape index (κ3) is 9.20. The highest BCUT2D eigenvalue weighted by Gasteiger charge is 2.36. The van der Waals surface area contributed by atoms with E-state index in [9.17, 15) is 14.4 Å². The van der Waals surface area contributed by atoms with Crippen molar-refractivity contribution in [3.63, 3.8) is 0 Å². The first-order valence-electron chi connectivity index (χ1n) is 14.7. The molecule has 0 saturated carbocycles. The van der Waals surface area contributed by atoms with Crippen LogP contribution in [0, 0.1) is 20.8 Å². The summed E-state index contributed by atoms with van der Waals surface area (Å²) in [7, 11) is 0. The summed E-state index contributed by atoms with van der Waals surface area (Å²) in [4.78, 5) is 43.2. The average molecular weight is 572 g/mol. The van der Waals surface area contributed by atoms with Crippen LogP contribution in [-0.2, 0) is 20.7 Å². The van der Waals surface area contributed by atoms with Crippen LogP contribution in [0.25, 0.3) is 0 Å². The van der Waals surface area contributed by atoms with Crippen LogP contribution >= 0.6 is 0 Å². The third-order valence-electron chi connectivity index (χ3n) is 7.12. The molecule has 7 heteroatoms. The van der Waals surface area contributed by atoms with E-state index in [0.717, 1.165) is 28.7 Å². The monoisotopic (exact) mass is 571 g/mol. The van der Waals surface area contributed by atoms with Crippen LogP contribution < -0.4 is 10.6 Å². The van der Waals surface area contributed by atoms with Gasteiger partial charge >= 0.3 is 6.09 Å². The van der Waals surface area contributed by atoms with E-state index < -0.39 is 23.8 Å². The van der Waals surface area contributed by atoms with E-state index in [1.165, 1.54) is 0 Å². The highest BCUT2D eigenvalue weighted by atomic mass is 16.6. The van der Waals surface area contributed by atoms with Crippen molar-refractivity contribution in [2.24, 2.45) is 0 Å². The molecule has 0 aliphatic heterocycles. The minimum absolute atomic E-state index is 0.251. The maximum atomic E-state index is 14.5. The number of aryl methyl sites for hydroxylation is 3. The molecule has 0 aliphatic rings. The molecule has 2 unspecified atom stereocenters. The van der Waals surface area contributed by atoms with Gasteiger partial charge in [-0.15, -0.1) is 0 Å². The van der Waals surface area contributed by atoms with Crippen LogP contribution in [-0.4, -0.2) is 41.0 Å². The Kier molecular flexibility index (Phi) is 11.3. The molecule has 2 atom stereocenters. The van der Waals surface area contributed by atoms with Crippen molar-refractivity contribution in [2.75, 3.05) is 11.9 Å². The second kappa shape index (κ2) is 14.7. The SMILES string of the molecule is CCCCN(C(=O)C(Cc1ccccc1)NC(=O)OC(C)(C)C)C(C(=O)Nc1ccccc1C)c1ccc(C)c(C)c1.